The molecular weight excluding hydrogens is 194 g/mol. The van der Waals surface area contributed by atoms with Gasteiger partial charge in [0.25, 0.3) is 0 Å². The Bertz CT molecular complexity index is 296. The summed E-state index contributed by atoms with van der Waals surface area (Å²) in [6.07, 6.45) is 0. The van der Waals surface area contributed by atoms with Crippen LogP contribution in [0.4, 0.5) is 0 Å². The smallest absolute Gasteiger partial charge is 0.105 e. The van der Waals surface area contributed by atoms with Gasteiger partial charge in [0.05, 0.1) is 19.3 Å². The number of hydrogen-bond donors (Lipinski definition) is 1. The number of aryl methyl sites for hydroxylation is 2. The van der Waals surface area contributed by atoms with E-state index in [2.05, 4.69) is 5.48 Å². The van der Waals surface area contributed by atoms with Crippen molar-refractivity contribution in [2.45, 2.75) is 26.8 Å². The number of ether oxygens (including phenoxy) is 1. The van der Waals surface area contributed by atoms with E-state index in [0.29, 0.717) is 13.2 Å². The van der Waals surface area contributed by atoms with Gasteiger partial charge < -0.3 is 9.15 Å². The van der Waals surface area contributed by atoms with E-state index in [-0.39, 0.29) is 6.04 Å². The molecule has 0 fully saturated rings. The van der Waals surface area contributed by atoms with E-state index in [4.69, 9.17) is 14.0 Å². The molecule has 0 saturated carbocycles. The maximum atomic E-state index is 5.44. The Balaban J connectivity index is 2.39. The van der Waals surface area contributed by atoms with E-state index < -0.39 is 0 Å². The van der Waals surface area contributed by atoms with Gasteiger partial charge in [0.2, 0.25) is 0 Å². The van der Waals surface area contributed by atoms with Crippen LogP contribution in [-0.2, 0) is 9.57 Å². The first-order valence-electron chi connectivity index (χ1n) is 5.08. The summed E-state index contributed by atoms with van der Waals surface area (Å²) in [5, 5.41) is 0. The van der Waals surface area contributed by atoms with Gasteiger partial charge in [-0.1, -0.05) is 0 Å². The molecule has 1 heterocycles. The average Bonchev–Trinajstić information content (AvgIpc) is 2.52. The van der Waals surface area contributed by atoms with Gasteiger partial charge in [-0.3, -0.25) is 4.84 Å². The second-order valence-electron chi connectivity index (χ2n) is 3.55. The lowest BCUT2D eigenvalue weighted by molar-refractivity contribution is -0.00945. The number of hydrogen-bond acceptors (Lipinski definition) is 4. The molecule has 0 aliphatic heterocycles. The van der Waals surface area contributed by atoms with Crippen LogP contribution in [0.15, 0.2) is 10.5 Å². The maximum absolute atomic E-state index is 5.44. The fourth-order valence-electron chi connectivity index (χ4n) is 1.45. The standard InChI is InChI=1S/C11H19NO3/c1-8-7-11(10(3)15-8)9(2)12-14-6-5-13-4/h7,9,12H,5-6H2,1-4H3. The second kappa shape index (κ2) is 5.90. The van der Waals surface area contributed by atoms with Crippen molar-refractivity contribution < 1.29 is 14.0 Å². The minimum Gasteiger partial charge on any atom is -0.466 e. The predicted octanol–water partition coefficient (Wildman–Crippen LogP) is 2.13. The van der Waals surface area contributed by atoms with Crippen LogP contribution in [0.25, 0.3) is 0 Å². The van der Waals surface area contributed by atoms with Crippen LogP contribution in [0, 0.1) is 13.8 Å². The molecule has 4 nitrogen and oxygen atoms in total. The first-order chi connectivity index (χ1) is 7.15. The fourth-order valence-corrected chi connectivity index (χ4v) is 1.45. The monoisotopic (exact) mass is 213 g/mol. The minimum absolute atomic E-state index is 0.124. The van der Waals surface area contributed by atoms with Crippen molar-refractivity contribution in [1.82, 2.24) is 5.48 Å². The van der Waals surface area contributed by atoms with E-state index >= 15 is 0 Å². The molecule has 15 heavy (non-hydrogen) atoms. The number of nitrogens with one attached hydrogen (secondary N) is 1. The van der Waals surface area contributed by atoms with Crippen LogP contribution in [0.1, 0.15) is 30.0 Å². The Morgan fingerprint density at radius 1 is 1.40 bits per heavy atom. The van der Waals surface area contributed by atoms with Gasteiger partial charge in [-0.2, -0.15) is 5.48 Å². The molecular formula is C11H19NO3. The molecule has 0 aliphatic carbocycles. The molecule has 1 aromatic heterocycles. The lowest BCUT2D eigenvalue weighted by atomic mass is 10.1. The molecule has 0 saturated heterocycles. The number of hydroxylamine groups is 1. The zero-order valence-corrected chi connectivity index (χ0v) is 9.79. The van der Waals surface area contributed by atoms with Gasteiger partial charge in [-0.05, 0) is 26.8 Å². The van der Waals surface area contributed by atoms with E-state index in [1.807, 2.05) is 26.8 Å². The van der Waals surface area contributed by atoms with Gasteiger partial charge in [0, 0.05) is 12.7 Å². The Labute approximate surface area is 90.5 Å². The van der Waals surface area contributed by atoms with Crippen LogP contribution in [0.2, 0.25) is 0 Å². The normalized spacial score (nSPS) is 13.1. The molecule has 0 aliphatic rings. The number of furan rings is 1. The second-order valence-corrected chi connectivity index (χ2v) is 3.55. The highest BCUT2D eigenvalue weighted by atomic mass is 16.7. The van der Waals surface area contributed by atoms with Crippen molar-refractivity contribution in [2.24, 2.45) is 0 Å². The highest BCUT2D eigenvalue weighted by Gasteiger charge is 2.12. The zero-order chi connectivity index (χ0) is 11.3. The van der Waals surface area contributed by atoms with E-state index in [1.54, 1.807) is 7.11 Å². The van der Waals surface area contributed by atoms with Crippen molar-refractivity contribution in [1.29, 1.82) is 0 Å². The SMILES string of the molecule is COCCONC(C)c1cc(C)oc1C. The van der Waals surface area contributed by atoms with E-state index in [0.717, 1.165) is 17.1 Å². The molecule has 0 aromatic carbocycles. The highest BCUT2D eigenvalue weighted by molar-refractivity contribution is 5.22. The van der Waals surface area contributed by atoms with Crippen LogP contribution < -0.4 is 5.48 Å². The van der Waals surface area contributed by atoms with Crippen molar-refractivity contribution in [3.63, 3.8) is 0 Å². The molecule has 1 N–H and O–H groups in total. The summed E-state index contributed by atoms with van der Waals surface area (Å²) < 4.78 is 10.3. The first kappa shape index (κ1) is 12.2. The van der Waals surface area contributed by atoms with Gasteiger partial charge in [0.1, 0.15) is 11.5 Å². The molecule has 0 spiro atoms. The van der Waals surface area contributed by atoms with E-state index in [9.17, 15) is 0 Å². The third-order valence-electron chi connectivity index (χ3n) is 2.20. The maximum Gasteiger partial charge on any atom is 0.105 e. The molecule has 86 valence electrons. The molecule has 1 rings (SSSR count). The lowest BCUT2D eigenvalue weighted by Crippen LogP contribution is -2.21. The molecule has 0 radical (unpaired) electrons. The third kappa shape index (κ3) is 3.66. The summed E-state index contributed by atoms with van der Waals surface area (Å²) >= 11 is 0. The van der Waals surface area contributed by atoms with Crippen LogP contribution >= 0.6 is 0 Å². The quantitative estimate of drug-likeness (QED) is 0.580. The first-order valence-corrected chi connectivity index (χ1v) is 5.08. The minimum atomic E-state index is 0.124. The predicted molar refractivity (Wildman–Crippen MR) is 57.6 cm³/mol. The summed E-state index contributed by atoms with van der Waals surface area (Å²) in [5.74, 6) is 1.86. The van der Waals surface area contributed by atoms with Crippen molar-refractivity contribution in [3.05, 3.63) is 23.2 Å². The lowest BCUT2D eigenvalue weighted by Gasteiger charge is -2.12. The largest absolute Gasteiger partial charge is 0.466 e. The van der Waals surface area contributed by atoms with Crippen LogP contribution in [0.5, 0.6) is 0 Å². The van der Waals surface area contributed by atoms with Crippen molar-refractivity contribution in [3.8, 4) is 0 Å². The van der Waals surface area contributed by atoms with Crippen LogP contribution in [-0.4, -0.2) is 20.3 Å². The van der Waals surface area contributed by atoms with Gasteiger partial charge >= 0.3 is 0 Å². The molecule has 1 atom stereocenters. The fraction of sp³-hybridized carbons (Fsp3) is 0.636. The highest BCUT2D eigenvalue weighted by Crippen LogP contribution is 2.20. The molecule has 1 aromatic rings. The summed E-state index contributed by atoms with van der Waals surface area (Å²) in [7, 11) is 1.65. The summed E-state index contributed by atoms with van der Waals surface area (Å²) in [4.78, 5) is 5.24. The van der Waals surface area contributed by atoms with Crippen molar-refractivity contribution >= 4 is 0 Å². The van der Waals surface area contributed by atoms with Gasteiger partial charge in [-0.15, -0.1) is 0 Å². The Morgan fingerprint density at radius 3 is 2.67 bits per heavy atom. The topological polar surface area (TPSA) is 43.6 Å². The Hall–Kier alpha value is -0.840. The van der Waals surface area contributed by atoms with Gasteiger partial charge in [-0.25, -0.2) is 0 Å². The van der Waals surface area contributed by atoms with E-state index in [1.165, 1.54) is 0 Å². The number of methoxy groups -OCH3 is 1. The summed E-state index contributed by atoms with van der Waals surface area (Å²) in [6.45, 7) is 7.05. The Morgan fingerprint density at radius 2 is 2.13 bits per heavy atom. The average molecular weight is 213 g/mol. The third-order valence-corrected chi connectivity index (χ3v) is 2.20. The summed E-state index contributed by atoms with van der Waals surface area (Å²) in [6, 6.07) is 2.14. The van der Waals surface area contributed by atoms with Gasteiger partial charge in [0.15, 0.2) is 0 Å². The molecule has 1 unspecified atom stereocenters. The van der Waals surface area contributed by atoms with Crippen molar-refractivity contribution in [2.75, 3.05) is 20.3 Å². The van der Waals surface area contributed by atoms with Crippen LogP contribution in [0.3, 0.4) is 0 Å². The summed E-state index contributed by atoms with van der Waals surface area (Å²) in [5.41, 5.74) is 4.08. The molecule has 0 bridgehead atoms. The molecule has 0 amide bonds. The Kier molecular flexibility index (Phi) is 4.81. The number of rotatable bonds is 6. The molecule has 4 heteroatoms. The zero-order valence-electron chi connectivity index (χ0n) is 9.79.